The lowest BCUT2D eigenvalue weighted by Crippen LogP contribution is -2.46. The molecule has 1 aliphatic rings. The Morgan fingerprint density at radius 1 is 1.15 bits per heavy atom. The molecule has 2 aromatic carbocycles. The molecule has 26 heavy (non-hydrogen) atoms. The molecule has 6 nitrogen and oxygen atoms in total. The Morgan fingerprint density at radius 2 is 1.85 bits per heavy atom. The third-order valence-corrected chi connectivity index (χ3v) is 4.08. The lowest BCUT2D eigenvalue weighted by atomic mass is 9.94. The third-order valence-electron chi connectivity index (χ3n) is 4.08. The van der Waals surface area contributed by atoms with Crippen molar-refractivity contribution in [3.63, 3.8) is 0 Å². The molecule has 0 radical (unpaired) electrons. The van der Waals surface area contributed by atoms with E-state index in [0.717, 1.165) is 0 Å². The molecule has 7 heteroatoms. The van der Waals surface area contributed by atoms with Crippen LogP contribution in [0.1, 0.15) is 18.5 Å². The fourth-order valence-corrected chi connectivity index (χ4v) is 2.81. The zero-order chi connectivity index (χ0) is 18.7. The van der Waals surface area contributed by atoms with E-state index in [2.05, 4.69) is 16.0 Å². The summed E-state index contributed by atoms with van der Waals surface area (Å²) in [4.78, 5) is 24.7. The molecule has 1 unspecified atom stereocenters. The van der Waals surface area contributed by atoms with Gasteiger partial charge in [-0.15, -0.1) is 0 Å². The Kier molecular flexibility index (Phi) is 4.88. The number of amides is 3. The maximum Gasteiger partial charge on any atom is 0.319 e. The highest BCUT2D eigenvalue weighted by atomic mass is 19.1. The van der Waals surface area contributed by atoms with Crippen LogP contribution in [-0.2, 0) is 4.79 Å². The molecule has 3 rings (SSSR count). The second-order valence-electron chi connectivity index (χ2n) is 5.77. The van der Waals surface area contributed by atoms with E-state index < -0.39 is 23.8 Å². The number of nitrogens with one attached hydrogen (secondary N) is 3. The maximum absolute atomic E-state index is 14.2. The number of carbonyl (C=O) groups excluding carboxylic acids is 2. The molecule has 1 heterocycles. The van der Waals surface area contributed by atoms with Gasteiger partial charge in [0.25, 0.3) is 5.91 Å². The largest absolute Gasteiger partial charge is 0.497 e. The van der Waals surface area contributed by atoms with Crippen molar-refractivity contribution in [3.05, 3.63) is 71.2 Å². The predicted molar refractivity (Wildman–Crippen MR) is 95.1 cm³/mol. The number of hydrogen-bond acceptors (Lipinski definition) is 3. The van der Waals surface area contributed by atoms with Crippen molar-refractivity contribution in [1.29, 1.82) is 0 Å². The number of hydrogen-bond donors (Lipinski definition) is 3. The van der Waals surface area contributed by atoms with Crippen LogP contribution in [0.5, 0.6) is 5.75 Å². The van der Waals surface area contributed by atoms with Gasteiger partial charge in [-0.2, -0.15) is 0 Å². The van der Waals surface area contributed by atoms with Gasteiger partial charge in [-0.05, 0) is 37.3 Å². The Labute approximate surface area is 150 Å². The molecule has 3 N–H and O–H groups in total. The van der Waals surface area contributed by atoms with Crippen molar-refractivity contribution < 1.29 is 18.7 Å². The highest BCUT2D eigenvalue weighted by molar-refractivity contribution is 6.06. The number of carbonyl (C=O) groups is 2. The summed E-state index contributed by atoms with van der Waals surface area (Å²) in [6.45, 7) is 1.61. The number of benzene rings is 2. The number of urea groups is 1. The minimum absolute atomic E-state index is 0.224. The van der Waals surface area contributed by atoms with Gasteiger partial charge in [-0.25, -0.2) is 9.18 Å². The van der Waals surface area contributed by atoms with Gasteiger partial charge in [-0.1, -0.05) is 18.2 Å². The van der Waals surface area contributed by atoms with Crippen LogP contribution < -0.4 is 20.7 Å². The molecule has 0 aromatic heterocycles. The molecule has 0 saturated carbocycles. The first kappa shape index (κ1) is 17.5. The van der Waals surface area contributed by atoms with Gasteiger partial charge in [0.2, 0.25) is 0 Å². The van der Waals surface area contributed by atoms with Crippen molar-refractivity contribution in [3.8, 4) is 5.75 Å². The number of methoxy groups -OCH3 is 1. The normalized spacial score (nSPS) is 16.6. The zero-order valence-corrected chi connectivity index (χ0v) is 14.3. The molecular formula is C19H18FN3O3. The third kappa shape index (κ3) is 3.51. The summed E-state index contributed by atoms with van der Waals surface area (Å²) in [6, 6.07) is 11.5. The molecule has 0 bridgehead atoms. The highest BCUT2D eigenvalue weighted by Gasteiger charge is 2.32. The number of anilines is 1. The van der Waals surface area contributed by atoms with Crippen molar-refractivity contribution >= 4 is 17.6 Å². The maximum atomic E-state index is 14.2. The molecule has 3 amide bonds. The molecular weight excluding hydrogens is 337 g/mol. The van der Waals surface area contributed by atoms with Crippen LogP contribution in [0.3, 0.4) is 0 Å². The SMILES string of the molecule is COc1ccc(NC(=O)C2=C(C)NC(=O)NC2c2ccccc2F)cc1. The van der Waals surface area contributed by atoms with Crippen LogP contribution in [0.25, 0.3) is 0 Å². The monoisotopic (exact) mass is 355 g/mol. The summed E-state index contributed by atoms with van der Waals surface area (Å²) in [6.07, 6.45) is 0. The van der Waals surface area contributed by atoms with Gasteiger partial charge in [0, 0.05) is 16.9 Å². The van der Waals surface area contributed by atoms with Crippen LogP contribution in [-0.4, -0.2) is 19.0 Å². The van der Waals surface area contributed by atoms with E-state index in [1.165, 1.54) is 6.07 Å². The summed E-state index contributed by atoms with van der Waals surface area (Å²) in [7, 11) is 1.55. The molecule has 134 valence electrons. The van der Waals surface area contributed by atoms with Gasteiger partial charge in [0.05, 0.1) is 18.7 Å². The first-order valence-corrected chi connectivity index (χ1v) is 7.97. The summed E-state index contributed by atoms with van der Waals surface area (Å²) < 4.78 is 19.3. The van der Waals surface area contributed by atoms with Crippen molar-refractivity contribution in [2.45, 2.75) is 13.0 Å². The molecule has 1 aliphatic heterocycles. The quantitative estimate of drug-likeness (QED) is 0.788. The number of rotatable bonds is 4. The molecule has 1 atom stereocenters. The fourth-order valence-electron chi connectivity index (χ4n) is 2.81. The van der Waals surface area contributed by atoms with E-state index in [0.29, 0.717) is 17.1 Å². The summed E-state index contributed by atoms with van der Waals surface area (Å²) in [5.41, 5.74) is 1.39. The number of halogens is 1. The van der Waals surface area contributed by atoms with Crippen LogP contribution in [0.4, 0.5) is 14.9 Å². The average molecular weight is 355 g/mol. The van der Waals surface area contributed by atoms with Crippen LogP contribution in [0.2, 0.25) is 0 Å². The first-order valence-electron chi connectivity index (χ1n) is 7.97. The Balaban J connectivity index is 1.93. The Bertz CT molecular complexity index is 878. The molecule has 0 spiro atoms. The van der Waals surface area contributed by atoms with E-state index in [4.69, 9.17) is 4.74 Å². The summed E-state index contributed by atoms with van der Waals surface area (Å²) >= 11 is 0. The smallest absolute Gasteiger partial charge is 0.319 e. The van der Waals surface area contributed by atoms with Crippen molar-refractivity contribution in [1.82, 2.24) is 10.6 Å². The fraction of sp³-hybridized carbons (Fsp3) is 0.158. The molecule has 2 aromatic rings. The summed E-state index contributed by atoms with van der Waals surface area (Å²) in [5, 5.41) is 7.93. The van der Waals surface area contributed by atoms with Gasteiger partial charge in [0.15, 0.2) is 0 Å². The number of ether oxygens (including phenoxy) is 1. The topological polar surface area (TPSA) is 79.5 Å². The van der Waals surface area contributed by atoms with Crippen LogP contribution in [0.15, 0.2) is 59.8 Å². The van der Waals surface area contributed by atoms with Crippen molar-refractivity contribution in [2.24, 2.45) is 0 Å². The predicted octanol–water partition coefficient (Wildman–Crippen LogP) is 3.10. The van der Waals surface area contributed by atoms with Gasteiger partial charge in [0.1, 0.15) is 11.6 Å². The number of allylic oxidation sites excluding steroid dienone is 1. The van der Waals surface area contributed by atoms with Gasteiger partial charge >= 0.3 is 6.03 Å². The lowest BCUT2D eigenvalue weighted by molar-refractivity contribution is -0.113. The van der Waals surface area contributed by atoms with Gasteiger partial charge in [-0.3, -0.25) is 4.79 Å². The highest BCUT2D eigenvalue weighted by Crippen LogP contribution is 2.29. The second kappa shape index (κ2) is 7.26. The second-order valence-corrected chi connectivity index (χ2v) is 5.77. The first-order chi connectivity index (χ1) is 12.5. The molecule has 0 aliphatic carbocycles. The van der Waals surface area contributed by atoms with Crippen molar-refractivity contribution in [2.75, 3.05) is 12.4 Å². The lowest BCUT2D eigenvalue weighted by Gasteiger charge is -2.28. The zero-order valence-electron chi connectivity index (χ0n) is 14.3. The van der Waals surface area contributed by atoms with E-state index in [-0.39, 0.29) is 11.1 Å². The minimum Gasteiger partial charge on any atom is -0.497 e. The van der Waals surface area contributed by atoms with Crippen LogP contribution in [0, 0.1) is 5.82 Å². The summed E-state index contributed by atoms with van der Waals surface area (Å²) in [5.74, 6) is -0.273. The Hall–Kier alpha value is -3.35. The van der Waals surface area contributed by atoms with E-state index in [9.17, 15) is 14.0 Å². The average Bonchev–Trinajstić information content (AvgIpc) is 2.62. The van der Waals surface area contributed by atoms with Gasteiger partial charge < -0.3 is 20.7 Å². The van der Waals surface area contributed by atoms with Crippen LogP contribution >= 0.6 is 0 Å². The van der Waals surface area contributed by atoms with E-state index >= 15 is 0 Å². The van der Waals surface area contributed by atoms with E-state index in [1.54, 1.807) is 56.5 Å². The molecule has 0 fully saturated rings. The minimum atomic E-state index is -0.886. The molecule has 0 saturated heterocycles. The van der Waals surface area contributed by atoms with E-state index in [1.807, 2.05) is 0 Å². The standard InChI is InChI=1S/C19H18FN3O3/c1-11-16(18(24)22-12-7-9-13(26-2)10-8-12)17(23-19(25)21-11)14-5-3-4-6-15(14)20/h3-10,17H,1-2H3,(H,22,24)(H2,21,23,25). The Morgan fingerprint density at radius 3 is 2.50 bits per heavy atom.